The highest BCUT2D eigenvalue weighted by atomic mass is 79.9. The van der Waals surface area contributed by atoms with E-state index >= 15 is 0 Å². The number of hydrogen-bond acceptors (Lipinski definition) is 4. The third-order valence-corrected chi connectivity index (χ3v) is 6.52. The third-order valence-electron chi connectivity index (χ3n) is 5.16. The Hall–Kier alpha value is -2.48. The molecule has 0 saturated carbocycles. The Bertz CT molecular complexity index is 1440. The second-order valence-corrected chi connectivity index (χ2v) is 10.4. The summed E-state index contributed by atoms with van der Waals surface area (Å²) in [6.45, 7) is 6.40. The molecule has 0 amide bonds. The summed E-state index contributed by atoms with van der Waals surface area (Å²) in [4.78, 5) is 17.9. The summed E-state index contributed by atoms with van der Waals surface area (Å²) in [5.74, 6) is 1.14. The first-order chi connectivity index (χ1) is 16.2. The number of aromatic nitrogens is 2. The Balaban J connectivity index is 1.66. The van der Waals surface area contributed by atoms with Crippen LogP contribution in [0.1, 0.15) is 42.3 Å². The van der Waals surface area contributed by atoms with Crippen molar-refractivity contribution in [3.05, 3.63) is 101 Å². The highest BCUT2D eigenvalue weighted by molar-refractivity contribution is 9.10. The first-order valence-corrected chi connectivity index (χ1v) is 12.6. The van der Waals surface area contributed by atoms with E-state index in [1.807, 2.05) is 57.2 Å². The van der Waals surface area contributed by atoms with Crippen molar-refractivity contribution in [2.75, 3.05) is 0 Å². The van der Waals surface area contributed by atoms with Gasteiger partial charge in [-0.15, -0.1) is 0 Å². The molecular weight excluding hydrogens is 582 g/mol. The molecule has 174 valence electrons. The van der Waals surface area contributed by atoms with Crippen LogP contribution in [0.15, 0.2) is 73.4 Å². The fraction of sp³-hybridized carbons (Fsp3) is 0.192. The SMILES string of the molecule is Cc1cccc(COc2c(Cl)cc(C=Nn3c(C(C)C)nc4ccc(Br)cc4c3=O)cc2Br)c1. The average molecular weight is 604 g/mol. The summed E-state index contributed by atoms with van der Waals surface area (Å²) in [5.41, 5.74) is 3.36. The number of nitrogens with zero attached hydrogens (tertiary/aromatic N) is 3. The highest BCUT2D eigenvalue weighted by Gasteiger charge is 2.14. The zero-order chi connectivity index (χ0) is 24.4. The summed E-state index contributed by atoms with van der Waals surface area (Å²) in [6.07, 6.45) is 1.60. The predicted octanol–water partition coefficient (Wildman–Crippen LogP) is 7.47. The maximum absolute atomic E-state index is 13.2. The molecule has 0 saturated heterocycles. The van der Waals surface area contributed by atoms with Crippen LogP contribution in [0.25, 0.3) is 10.9 Å². The first-order valence-electron chi connectivity index (χ1n) is 10.7. The van der Waals surface area contributed by atoms with Crippen LogP contribution >= 0.6 is 43.5 Å². The molecular formula is C26H22Br2ClN3O2. The van der Waals surface area contributed by atoms with Crippen LogP contribution in [0.4, 0.5) is 0 Å². The van der Waals surface area contributed by atoms with Gasteiger partial charge in [0.1, 0.15) is 12.4 Å². The second kappa shape index (κ2) is 10.4. The van der Waals surface area contributed by atoms with E-state index in [1.54, 1.807) is 18.3 Å². The van der Waals surface area contributed by atoms with Crippen LogP contribution in [0.5, 0.6) is 5.75 Å². The van der Waals surface area contributed by atoms with Crippen LogP contribution in [0.3, 0.4) is 0 Å². The number of fused-ring (bicyclic) bond motifs is 1. The van der Waals surface area contributed by atoms with Gasteiger partial charge < -0.3 is 4.74 Å². The summed E-state index contributed by atoms with van der Waals surface area (Å²) in [7, 11) is 0. The van der Waals surface area contributed by atoms with E-state index in [2.05, 4.69) is 48.0 Å². The molecule has 1 heterocycles. The van der Waals surface area contributed by atoms with Crippen molar-refractivity contribution in [2.45, 2.75) is 33.3 Å². The van der Waals surface area contributed by atoms with E-state index in [0.29, 0.717) is 38.6 Å². The van der Waals surface area contributed by atoms with Crippen LogP contribution in [0, 0.1) is 6.92 Å². The maximum Gasteiger partial charge on any atom is 0.282 e. The minimum atomic E-state index is -0.227. The van der Waals surface area contributed by atoms with E-state index in [4.69, 9.17) is 16.3 Å². The van der Waals surface area contributed by atoms with E-state index in [-0.39, 0.29) is 11.5 Å². The van der Waals surface area contributed by atoms with Gasteiger partial charge in [-0.25, -0.2) is 4.98 Å². The van der Waals surface area contributed by atoms with Gasteiger partial charge in [0.05, 0.1) is 26.6 Å². The Morgan fingerprint density at radius 2 is 1.94 bits per heavy atom. The molecule has 3 aromatic carbocycles. The third kappa shape index (κ3) is 5.43. The van der Waals surface area contributed by atoms with Crippen molar-refractivity contribution in [3.63, 3.8) is 0 Å². The Labute approximate surface area is 219 Å². The molecule has 0 aliphatic rings. The van der Waals surface area contributed by atoms with Crippen LogP contribution in [0.2, 0.25) is 5.02 Å². The normalized spacial score (nSPS) is 11.6. The van der Waals surface area contributed by atoms with Crippen molar-refractivity contribution in [2.24, 2.45) is 5.10 Å². The van der Waals surface area contributed by atoms with Gasteiger partial charge in [-0.1, -0.05) is 71.2 Å². The summed E-state index contributed by atoms with van der Waals surface area (Å²) >= 11 is 13.5. The minimum absolute atomic E-state index is 0.00520. The molecule has 0 spiro atoms. The number of rotatable bonds is 6. The number of benzene rings is 3. The number of ether oxygens (including phenoxy) is 1. The highest BCUT2D eigenvalue weighted by Crippen LogP contribution is 2.35. The zero-order valence-corrected chi connectivity index (χ0v) is 22.8. The molecule has 0 aliphatic heterocycles. The van der Waals surface area contributed by atoms with Gasteiger partial charge in [0.2, 0.25) is 0 Å². The van der Waals surface area contributed by atoms with Gasteiger partial charge >= 0.3 is 0 Å². The van der Waals surface area contributed by atoms with Gasteiger partial charge in [-0.2, -0.15) is 9.78 Å². The van der Waals surface area contributed by atoms with Crippen molar-refractivity contribution in [1.82, 2.24) is 9.66 Å². The van der Waals surface area contributed by atoms with Crippen LogP contribution in [-0.4, -0.2) is 15.9 Å². The van der Waals surface area contributed by atoms with Gasteiger partial charge in [-0.3, -0.25) is 4.79 Å². The predicted molar refractivity (Wildman–Crippen MR) is 145 cm³/mol. The lowest BCUT2D eigenvalue weighted by Gasteiger charge is -2.13. The molecule has 34 heavy (non-hydrogen) atoms. The van der Waals surface area contributed by atoms with Crippen LogP contribution < -0.4 is 10.3 Å². The Morgan fingerprint density at radius 1 is 1.15 bits per heavy atom. The lowest BCUT2D eigenvalue weighted by molar-refractivity contribution is 0.304. The van der Waals surface area contributed by atoms with Crippen LogP contribution in [-0.2, 0) is 6.61 Å². The molecule has 0 bridgehead atoms. The first kappa shape index (κ1) is 24.6. The van der Waals surface area contributed by atoms with Crippen molar-refractivity contribution in [1.29, 1.82) is 0 Å². The van der Waals surface area contributed by atoms with Crippen molar-refractivity contribution in [3.8, 4) is 5.75 Å². The smallest absolute Gasteiger partial charge is 0.282 e. The monoisotopic (exact) mass is 601 g/mol. The second-order valence-electron chi connectivity index (χ2n) is 8.24. The Morgan fingerprint density at radius 3 is 2.65 bits per heavy atom. The summed E-state index contributed by atoms with van der Waals surface area (Å²) in [6, 6.07) is 17.2. The molecule has 0 unspecified atom stereocenters. The molecule has 0 N–H and O–H groups in total. The van der Waals surface area contributed by atoms with Gasteiger partial charge in [0, 0.05) is 10.4 Å². The molecule has 4 rings (SSSR count). The number of halogens is 3. The molecule has 4 aromatic rings. The number of aryl methyl sites for hydroxylation is 1. The molecule has 5 nitrogen and oxygen atoms in total. The van der Waals surface area contributed by atoms with E-state index < -0.39 is 0 Å². The molecule has 0 fully saturated rings. The fourth-order valence-corrected chi connectivity index (χ4v) is 4.87. The molecule has 1 aromatic heterocycles. The van der Waals surface area contributed by atoms with Gasteiger partial charge in [0.15, 0.2) is 5.75 Å². The molecule has 0 aliphatic carbocycles. The number of hydrogen-bond donors (Lipinski definition) is 0. The molecule has 0 atom stereocenters. The van der Waals surface area contributed by atoms with E-state index in [0.717, 1.165) is 15.6 Å². The standard InChI is InChI=1S/C26H22Br2ClN3O2/c1-15(2)25-31-23-8-7-19(27)12-20(23)26(33)32(25)30-13-18-10-21(28)24(22(29)11-18)34-14-17-6-4-5-16(3)9-17/h4-13,15H,14H2,1-3H3. The van der Waals surface area contributed by atoms with Gasteiger partial charge in [0.25, 0.3) is 5.56 Å². The summed E-state index contributed by atoms with van der Waals surface area (Å²) < 4.78 is 8.82. The maximum atomic E-state index is 13.2. The lowest BCUT2D eigenvalue weighted by Crippen LogP contribution is -2.23. The minimum Gasteiger partial charge on any atom is -0.486 e. The van der Waals surface area contributed by atoms with Crippen molar-refractivity contribution >= 4 is 60.6 Å². The average Bonchev–Trinajstić information content (AvgIpc) is 2.78. The topological polar surface area (TPSA) is 56.5 Å². The fourth-order valence-electron chi connectivity index (χ4n) is 3.52. The van der Waals surface area contributed by atoms with E-state index in [9.17, 15) is 4.79 Å². The van der Waals surface area contributed by atoms with Crippen molar-refractivity contribution < 1.29 is 4.74 Å². The lowest BCUT2D eigenvalue weighted by atomic mass is 10.1. The summed E-state index contributed by atoms with van der Waals surface area (Å²) in [5, 5.41) is 5.41. The quantitative estimate of drug-likeness (QED) is 0.215. The van der Waals surface area contributed by atoms with E-state index in [1.165, 1.54) is 10.2 Å². The molecule has 0 radical (unpaired) electrons. The van der Waals surface area contributed by atoms with Gasteiger partial charge in [-0.05, 0) is 64.3 Å². The molecule has 8 heteroatoms. The Kier molecular flexibility index (Phi) is 7.55. The largest absolute Gasteiger partial charge is 0.486 e. The zero-order valence-electron chi connectivity index (χ0n) is 18.8.